The average Bonchev–Trinajstić information content (AvgIpc) is 2.22. The van der Waals surface area contributed by atoms with Gasteiger partial charge in [-0.2, -0.15) is 13.2 Å². The maximum atomic E-state index is 11.9. The molecule has 0 bridgehead atoms. The first-order valence-corrected chi connectivity index (χ1v) is 6.41. The molecule has 0 aliphatic carbocycles. The molecule has 1 aromatic rings. The van der Waals surface area contributed by atoms with Crippen LogP contribution in [0.4, 0.5) is 19.0 Å². The summed E-state index contributed by atoms with van der Waals surface area (Å²) >= 11 is 4.76. The molecule has 0 fully saturated rings. The number of pyridine rings is 1. The van der Waals surface area contributed by atoms with Gasteiger partial charge in [0, 0.05) is 18.0 Å². The highest BCUT2D eigenvalue weighted by Crippen LogP contribution is 2.29. The van der Waals surface area contributed by atoms with Crippen LogP contribution in [0.2, 0.25) is 0 Å². The molecule has 3 nitrogen and oxygen atoms in total. The highest BCUT2D eigenvalue weighted by molar-refractivity contribution is 8.00. The van der Waals surface area contributed by atoms with Gasteiger partial charge in [0.2, 0.25) is 0 Å². The van der Waals surface area contributed by atoms with Gasteiger partial charge in [0.15, 0.2) is 0 Å². The Morgan fingerprint density at radius 1 is 1.50 bits per heavy atom. The minimum Gasteiger partial charge on any atom is -0.389 e. The number of aromatic nitrogens is 1. The van der Waals surface area contributed by atoms with Crippen molar-refractivity contribution in [3.05, 3.63) is 23.4 Å². The normalized spacial score (nSPS) is 11.3. The number of nitrogens with one attached hydrogen (secondary N) is 1. The first kappa shape index (κ1) is 15.0. The Morgan fingerprint density at radius 3 is 2.72 bits per heavy atom. The molecule has 0 aromatic carbocycles. The number of anilines is 1. The summed E-state index contributed by atoms with van der Waals surface area (Å²) in [7, 11) is 0. The number of hydrogen-bond acceptors (Lipinski definition) is 4. The Labute approximate surface area is 112 Å². The van der Waals surface area contributed by atoms with Crippen LogP contribution in [0.3, 0.4) is 0 Å². The van der Waals surface area contributed by atoms with Gasteiger partial charge in [-0.25, -0.2) is 4.98 Å². The van der Waals surface area contributed by atoms with Crippen molar-refractivity contribution < 1.29 is 13.2 Å². The largest absolute Gasteiger partial charge is 0.441 e. The Hall–Kier alpha value is -1.02. The topological polar surface area (TPSA) is 50.9 Å². The Kier molecular flexibility index (Phi) is 5.21. The predicted octanol–water partition coefficient (Wildman–Crippen LogP) is 2.69. The molecule has 0 aliphatic rings. The van der Waals surface area contributed by atoms with E-state index < -0.39 is 5.51 Å². The van der Waals surface area contributed by atoms with E-state index in [1.807, 2.05) is 0 Å². The van der Waals surface area contributed by atoms with Crippen molar-refractivity contribution in [3.8, 4) is 0 Å². The number of alkyl halides is 3. The summed E-state index contributed by atoms with van der Waals surface area (Å²) < 4.78 is 35.8. The van der Waals surface area contributed by atoms with Gasteiger partial charge in [0.25, 0.3) is 0 Å². The number of aryl methyl sites for hydroxylation is 1. The van der Waals surface area contributed by atoms with E-state index in [1.54, 1.807) is 19.1 Å². The molecule has 1 aromatic heterocycles. The van der Waals surface area contributed by atoms with E-state index >= 15 is 0 Å². The number of thiocarbonyl (C=S) groups is 1. The number of nitrogens with zero attached hydrogens (tertiary/aromatic N) is 1. The van der Waals surface area contributed by atoms with Gasteiger partial charge in [0.1, 0.15) is 10.8 Å². The summed E-state index contributed by atoms with van der Waals surface area (Å²) in [5, 5.41) is 2.81. The van der Waals surface area contributed by atoms with Gasteiger partial charge in [-0.1, -0.05) is 12.2 Å². The van der Waals surface area contributed by atoms with Gasteiger partial charge in [0.05, 0.1) is 5.56 Å². The van der Waals surface area contributed by atoms with Crippen LogP contribution in [0.1, 0.15) is 11.3 Å². The maximum absolute atomic E-state index is 11.9. The zero-order valence-corrected chi connectivity index (χ0v) is 11.2. The van der Waals surface area contributed by atoms with Crippen LogP contribution in [0.5, 0.6) is 0 Å². The average molecular weight is 295 g/mol. The molecule has 0 unspecified atom stereocenters. The minimum atomic E-state index is -4.21. The van der Waals surface area contributed by atoms with Crippen LogP contribution >= 0.6 is 24.0 Å². The van der Waals surface area contributed by atoms with Crippen LogP contribution in [0, 0.1) is 6.92 Å². The van der Waals surface area contributed by atoms with Crippen LogP contribution < -0.4 is 11.1 Å². The van der Waals surface area contributed by atoms with Crippen LogP contribution in [0.25, 0.3) is 0 Å². The van der Waals surface area contributed by atoms with E-state index in [0.29, 0.717) is 11.4 Å². The zero-order valence-electron chi connectivity index (χ0n) is 9.54. The second-order valence-corrected chi connectivity index (χ2v) is 5.03. The van der Waals surface area contributed by atoms with Crippen molar-refractivity contribution >= 4 is 34.8 Å². The van der Waals surface area contributed by atoms with E-state index in [2.05, 4.69) is 10.3 Å². The second-order valence-electron chi connectivity index (χ2n) is 3.43. The SMILES string of the molecule is Cc1ccc(C(N)=S)c(NCCSC(F)(F)F)n1. The van der Waals surface area contributed by atoms with E-state index in [9.17, 15) is 13.2 Å². The van der Waals surface area contributed by atoms with Gasteiger partial charge in [-0.05, 0) is 30.8 Å². The molecule has 1 rings (SSSR count). The van der Waals surface area contributed by atoms with Crippen LogP contribution in [-0.2, 0) is 0 Å². The molecule has 18 heavy (non-hydrogen) atoms. The molecular weight excluding hydrogens is 283 g/mol. The molecule has 0 atom stereocenters. The lowest BCUT2D eigenvalue weighted by molar-refractivity contribution is -0.0327. The molecule has 3 N–H and O–H groups in total. The molecule has 0 saturated carbocycles. The summed E-state index contributed by atoms with van der Waals surface area (Å²) in [6, 6.07) is 3.44. The molecule has 1 heterocycles. The number of rotatable bonds is 5. The number of nitrogens with two attached hydrogens (primary N) is 1. The first-order chi connectivity index (χ1) is 8.29. The molecular formula is C10H12F3N3S2. The first-order valence-electron chi connectivity index (χ1n) is 5.01. The number of hydrogen-bond donors (Lipinski definition) is 2. The monoisotopic (exact) mass is 295 g/mol. The van der Waals surface area contributed by atoms with Gasteiger partial charge in [-0.3, -0.25) is 0 Å². The second kappa shape index (κ2) is 6.24. The van der Waals surface area contributed by atoms with Crippen molar-refractivity contribution in [1.29, 1.82) is 0 Å². The van der Waals surface area contributed by atoms with Crippen LogP contribution in [-0.4, -0.2) is 27.8 Å². The van der Waals surface area contributed by atoms with Crippen molar-refractivity contribution in [2.75, 3.05) is 17.6 Å². The fourth-order valence-corrected chi connectivity index (χ4v) is 1.83. The molecule has 0 aliphatic heterocycles. The third-order valence-electron chi connectivity index (χ3n) is 1.96. The highest BCUT2D eigenvalue weighted by atomic mass is 32.2. The van der Waals surface area contributed by atoms with E-state index in [4.69, 9.17) is 18.0 Å². The lowest BCUT2D eigenvalue weighted by Gasteiger charge is -2.11. The summed E-state index contributed by atoms with van der Waals surface area (Å²) in [6.45, 7) is 1.91. The Balaban J connectivity index is 2.61. The summed E-state index contributed by atoms with van der Waals surface area (Å²) in [5.41, 5.74) is 2.56. The van der Waals surface area contributed by atoms with E-state index in [0.717, 1.165) is 5.69 Å². The third-order valence-corrected chi connectivity index (χ3v) is 2.92. The molecule has 8 heteroatoms. The molecule has 100 valence electrons. The van der Waals surface area contributed by atoms with Crippen LogP contribution in [0.15, 0.2) is 12.1 Å². The number of thioether (sulfide) groups is 1. The number of halogens is 3. The third kappa shape index (κ3) is 5.09. The van der Waals surface area contributed by atoms with Crippen molar-refractivity contribution in [2.24, 2.45) is 5.73 Å². The fourth-order valence-electron chi connectivity index (χ4n) is 1.23. The van der Waals surface area contributed by atoms with E-state index in [1.165, 1.54) is 0 Å². The Bertz CT molecular complexity index is 435. The standard InChI is InChI=1S/C10H12F3N3S2/c1-6-2-3-7(8(14)17)9(16-6)15-4-5-18-10(11,12)13/h2-3H,4-5H2,1H3,(H2,14,17)(H,15,16). The lowest BCUT2D eigenvalue weighted by Crippen LogP contribution is -2.17. The fraction of sp³-hybridized carbons (Fsp3) is 0.400. The van der Waals surface area contributed by atoms with Gasteiger partial charge < -0.3 is 11.1 Å². The van der Waals surface area contributed by atoms with Crippen molar-refractivity contribution in [1.82, 2.24) is 4.98 Å². The smallest absolute Gasteiger partial charge is 0.389 e. The molecule has 0 saturated heterocycles. The highest BCUT2D eigenvalue weighted by Gasteiger charge is 2.27. The molecule has 0 spiro atoms. The van der Waals surface area contributed by atoms with Gasteiger partial charge >= 0.3 is 5.51 Å². The summed E-state index contributed by atoms with van der Waals surface area (Å²) in [6.07, 6.45) is 0. The zero-order chi connectivity index (χ0) is 13.8. The quantitative estimate of drug-likeness (QED) is 0.646. The minimum absolute atomic E-state index is 0.0831. The van der Waals surface area contributed by atoms with Crippen molar-refractivity contribution in [3.63, 3.8) is 0 Å². The molecule has 0 amide bonds. The summed E-state index contributed by atoms with van der Waals surface area (Å²) in [5.74, 6) is 0.320. The summed E-state index contributed by atoms with van der Waals surface area (Å²) in [4.78, 5) is 4.32. The Morgan fingerprint density at radius 2 is 2.17 bits per heavy atom. The lowest BCUT2D eigenvalue weighted by atomic mass is 10.2. The van der Waals surface area contributed by atoms with E-state index in [-0.39, 0.29) is 29.0 Å². The van der Waals surface area contributed by atoms with Crippen molar-refractivity contribution in [2.45, 2.75) is 12.4 Å². The maximum Gasteiger partial charge on any atom is 0.441 e. The van der Waals surface area contributed by atoms with Gasteiger partial charge in [-0.15, -0.1) is 0 Å². The molecule has 0 radical (unpaired) electrons. The predicted molar refractivity (Wildman–Crippen MR) is 71.9 cm³/mol.